The van der Waals surface area contributed by atoms with Gasteiger partial charge in [0.2, 0.25) is 10.0 Å². The molecule has 1 aromatic rings. The Morgan fingerprint density at radius 1 is 1.47 bits per heavy atom. The van der Waals surface area contributed by atoms with Crippen LogP contribution >= 0.6 is 0 Å². The SMILES string of the molecule is CCNCc1cc(S(=O)(=O)N2CCC(C)C2)cn1C. The third-order valence-corrected chi connectivity index (χ3v) is 5.49. The molecule has 5 nitrogen and oxygen atoms in total. The first kappa shape index (κ1) is 14.6. The van der Waals surface area contributed by atoms with Crippen LogP contribution in [0.1, 0.15) is 26.0 Å². The summed E-state index contributed by atoms with van der Waals surface area (Å²) in [5.41, 5.74) is 0.993. The van der Waals surface area contributed by atoms with E-state index in [4.69, 9.17) is 0 Å². The zero-order chi connectivity index (χ0) is 14.0. The van der Waals surface area contributed by atoms with Crippen LogP contribution in [-0.2, 0) is 23.6 Å². The van der Waals surface area contributed by atoms with Crippen LogP contribution in [0.5, 0.6) is 0 Å². The fourth-order valence-electron chi connectivity index (χ4n) is 2.41. The molecule has 1 aliphatic rings. The molecule has 6 heteroatoms. The second kappa shape index (κ2) is 5.64. The minimum atomic E-state index is -3.31. The molecule has 19 heavy (non-hydrogen) atoms. The molecular weight excluding hydrogens is 262 g/mol. The van der Waals surface area contributed by atoms with Gasteiger partial charge in [0.1, 0.15) is 4.90 Å². The van der Waals surface area contributed by atoms with E-state index in [0.29, 0.717) is 30.4 Å². The van der Waals surface area contributed by atoms with E-state index >= 15 is 0 Å². The van der Waals surface area contributed by atoms with Crippen LogP contribution in [0.2, 0.25) is 0 Å². The first-order valence-corrected chi connectivity index (χ1v) is 8.25. The number of aryl methyl sites for hydroxylation is 1. The molecule has 0 spiro atoms. The molecule has 0 amide bonds. The van der Waals surface area contributed by atoms with Gasteiger partial charge in [0, 0.05) is 38.6 Å². The van der Waals surface area contributed by atoms with Crippen LogP contribution in [0.15, 0.2) is 17.2 Å². The van der Waals surface area contributed by atoms with Crippen molar-refractivity contribution in [3.63, 3.8) is 0 Å². The molecule has 2 rings (SSSR count). The van der Waals surface area contributed by atoms with Crippen LogP contribution in [0.25, 0.3) is 0 Å². The van der Waals surface area contributed by atoms with Crippen LogP contribution in [0.3, 0.4) is 0 Å². The molecule has 2 heterocycles. The van der Waals surface area contributed by atoms with Crippen molar-refractivity contribution < 1.29 is 8.42 Å². The maximum atomic E-state index is 12.5. The van der Waals surface area contributed by atoms with Gasteiger partial charge in [0.25, 0.3) is 0 Å². The summed E-state index contributed by atoms with van der Waals surface area (Å²) in [6, 6.07) is 1.78. The third-order valence-electron chi connectivity index (χ3n) is 3.66. The van der Waals surface area contributed by atoms with Gasteiger partial charge >= 0.3 is 0 Å². The second-order valence-electron chi connectivity index (χ2n) is 5.32. The molecule has 0 radical (unpaired) electrons. The number of rotatable bonds is 5. The monoisotopic (exact) mass is 285 g/mol. The molecular formula is C13H23N3O2S. The van der Waals surface area contributed by atoms with E-state index in [-0.39, 0.29) is 0 Å². The lowest BCUT2D eigenvalue weighted by molar-refractivity contribution is 0.464. The van der Waals surface area contributed by atoms with E-state index in [9.17, 15) is 8.42 Å². The normalized spacial score (nSPS) is 21.1. The number of nitrogens with one attached hydrogen (secondary N) is 1. The largest absolute Gasteiger partial charge is 0.352 e. The van der Waals surface area contributed by atoms with Gasteiger partial charge in [-0.25, -0.2) is 8.42 Å². The van der Waals surface area contributed by atoms with E-state index in [1.165, 1.54) is 0 Å². The predicted octanol–water partition coefficient (Wildman–Crippen LogP) is 1.17. The molecule has 0 aliphatic carbocycles. The van der Waals surface area contributed by atoms with Gasteiger partial charge < -0.3 is 9.88 Å². The summed E-state index contributed by atoms with van der Waals surface area (Å²) >= 11 is 0. The Labute approximate surface area is 115 Å². The predicted molar refractivity (Wildman–Crippen MR) is 75.3 cm³/mol. The third kappa shape index (κ3) is 3.01. The average molecular weight is 285 g/mol. The first-order chi connectivity index (χ1) is 8.95. The lowest BCUT2D eigenvalue weighted by atomic mass is 10.2. The molecule has 0 saturated carbocycles. The number of hydrogen-bond acceptors (Lipinski definition) is 3. The molecule has 1 aliphatic heterocycles. The molecule has 0 aromatic carbocycles. The molecule has 1 unspecified atom stereocenters. The zero-order valence-corrected chi connectivity index (χ0v) is 12.7. The van der Waals surface area contributed by atoms with Gasteiger partial charge in [-0.05, 0) is 24.9 Å². The van der Waals surface area contributed by atoms with E-state index < -0.39 is 10.0 Å². The maximum absolute atomic E-state index is 12.5. The van der Waals surface area contributed by atoms with Crippen molar-refractivity contribution in [3.05, 3.63) is 18.0 Å². The summed E-state index contributed by atoms with van der Waals surface area (Å²) in [5.74, 6) is 0.458. The van der Waals surface area contributed by atoms with Crippen molar-refractivity contribution in [2.45, 2.75) is 31.7 Å². The summed E-state index contributed by atoms with van der Waals surface area (Å²) in [5, 5.41) is 3.22. The summed E-state index contributed by atoms with van der Waals surface area (Å²) < 4.78 is 28.5. The van der Waals surface area contributed by atoms with Gasteiger partial charge in [0.15, 0.2) is 0 Å². The second-order valence-corrected chi connectivity index (χ2v) is 7.25. The maximum Gasteiger partial charge on any atom is 0.244 e. The Hall–Kier alpha value is -0.850. The lowest BCUT2D eigenvalue weighted by Crippen LogP contribution is -2.28. The van der Waals surface area contributed by atoms with Crippen molar-refractivity contribution in [2.24, 2.45) is 13.0 Å². The van der Waals surface area contributed by atoms with Gasteiger partial charge in [0.05, 0.1) is 0 Å². The Bertz CT molecular complexity index is 536. The highest BCUT2D eigenvalue weighted by molar-refractivity contribution is 7.89. The van der Waals surface area contributed by atoms with Gasteiger partial charge in [-0.3, -0.25) is 0 Å². The number of nitrogens with zero attached hydrogens (tertiary/aromatic N) is 2. The van der Waals surface area contributed by atoms with Crippen molar-refractivity contribution in [1.29, 1.82) is 0 Å². The standard InChI is InChI=1S/C13H23N3O2S/c1-4-14-8-12-7-13(10-15(12)3)19(17,18)16-6-5-11(2)9-16/h7,10-11,14H,4-6,8-9H2,1-3H3. The van der Waals surface area contributed by atoms with Crippen LogP contribution in [-0.4, -0.2) is 36.9 Å². The Morgan fingerprint density at radius 3 is 2.79 bits per heavy atom. The molecule has 108 valence electrons. The summed E-state index contributed by atoms with van der Waals surface area (Å²) in [7, 11) is -1.43. The molecule has 1 N–H and O–H groups in total. The Kier molecular flexibility index (Phi) is 4.32. The highest BCUT2D eigenvalue weighted by Crippen LogP contribution is 2.25. The van der Waals surface area contributed by atoms with Crippen molar-refractivity contribution in [2.75, 3.05) is 19.6 Å². The van der Waals surface area contributed by atoms with E-state index in [2.05, 4.69) is 12.2 Å². The van der Waals surface area contributed by atoms with E-state index in [1.807, 2.05) is 18.5 Å². The summed E-state index contributed by atoms with van der Waals surface area (Å²) in [6.07, 6.45) is 2.67. The average Bonchev–Trinajstić information content (AvgIpc) is 2.94. The van der Waals surface area contributed by atoms with Gasteiger partial charge in [-0.1, -0.05) is 13.8 Å². The van der Waals surface area contributed by atoms with Crippen molar-refractivity contribution >= 4 is 10.0 Å². The van der Waals surface area contributed by atoms with Gasteiger partial charge in [-0.2, -0.15) is 4.31 Å². The summed E-state index contributed by atoms with van der Waals surface area (Å²) in [6.45, 7) is 6.97. The smallest absolute Gasteiger partial charge is 0.244 e. The molecule has 1 fully saturated rings. The first-order valence-electron chi connectivity index (χ1n) is 6.81. The fourth-order valence-corrected chi connectivity index (χ4v) is 4.08. The number of hydrogen-bond donors (Lipinski definition) is 1. The highest BCUT2D eigenvalue weighted by Gasteiger charge is 2.31. The molecule has 1 saturated heterocycles. The van der Waals surface area contributed by atoms with Crippen molar-refractivity contribution in [3.8, 4) is 0 Å². The number of sulfonamides is 1. The van der Waals surface area contributed by atoms with Crippen LogP contribution in [0, 0.1) is 5.92 Å². The molecule has 0 bridgehead atoms. The highest BCUT2D eigenvalue weighted by atomic mass is 32.2. The van der Waals surface area contributed by atoms with Crippen molar-refractivity contribution in [1.82, 2.24) is 14.2 Å². The minimum Gasteiger partial charge on any atom is -0.352 e. The molecule has 1 aromatic heterocycles. The van der Waals surface area contributed by atoms with E-state index in [1.54, 1.807) is 16.6 Å². The minimum absolute atomic E-state index is 0.414. The van der Waals surface area contributed by atoms with E-state index in [0.717, 1.165) is 18.7 Å². The van der Waals surface area contributed by atoms with Gasteiger partial charge in [-0.15, -0.1) is 0 Å². The topological polar surface area (TPSA) is 54.3 Å². The Balaban J connectivity index is 2.21. The Morgan fingerprint density at radius 2 is 2.21 bits per heavy atom. The van der Waals surface area contributed by atoms with Crippen LogP contribution < -0.4 is 5.32 Å². The molecule has 1 atom stereocenters. The lowest BCUT2D eigenvalue weighted by Gasteiger charge is -2.14. The quantitative estimate of drug-likeness (QED) is 0.883. The fraction of sp³-hybridized carbons (Fsp3) is 0.692. The summed E-state index contributed by atoms with van der Waals surface area (Å²) in [4.78, 5) is 0.414. The number of aromatic nitrogens is 1. The zero-order valence-electron chi connectivity index (χ0n) is 11.9. The van der Waals surface area contributed by atoms with Crippen LogP contribution in [0.4, 0.5) is 0 Å².